The van der Waals surface area contributed by atoms with Gasteiger partial charge in [0.1, 0.15) is 5.75 Å². The van der Waals surface area contributed by atoms with Gasteiger partial charge in [-0.3, -0.25) is 4.79 Å². The van der Waals surface area contributed by atoms with Crippen LogP contribution in [-0.2, 0) is 11.6 Å². The molecule has 1 aromatic heterocycles. The Morgan fingerprint density at radius 1 is 1.03 bits per heavy atom. The maximum Gasteiger partial charge on any atom is 0.435 e. The van der Waals surface area contributed by atoms with E-state index in [0.29, 0.717) is 11.3 Å². The molecule has 0 saturated carbocycles. The molecule has 0 saturated heterocycles. The van der Waals surface area contributed by atoms with E-state index in [1.165, 1.54) is 24.3 Å². The molecule has 0 aliphatic carbocycles. The summed E-state index contributed by atoms with van der Waals surface area (Å²) < 4.78 is 41.5. The number of carbonyl (C=O) groups excluding carboxylic acids is 1. The third kappa shape index (κ3) is 5.49. The molecule has 0 bridgehead atoms. The summed E-state index contributed by atoms with van der Waals surface area (Å²) in [5.74, 6) is -0.534. The van der Waals surface area contributed by atoms with Gasteiger partial charge < -0.3 is 10.4 Å². The number of hydrogen-bond acceptors (Lipinski definition) is 3. The molecule has 5 nitrogen and oxygen atoms in total. The molecule has 0 fully saturated rings. The van der Waals surface area contributed by atoms with E-state index in [9.17, 15) is 23.1 Å². The summed E-state index contributed by atoms with van der Waals surface area (Å²) in [5.41, 5.74) is 1.17. The van der Waals surface area contributed by atoms with Crippen molar-refractivity contribution in [3.63, 3.8) is 0 Å². The van der Waals surface area contributed by atoms with Crippen LogP contribution < -0.4 is 5.32 Å². The van der Waals surface area contributed by atoms with Crippen molar-refractivity contribution in [2.24, 2.45) is 0 Å². The number of para-hydroxylation sites is 1. The molecule has 1 heterocycles. The van der Waals surface area contributed by atoms with Crippen LogP contribution in [0.3, 0.4) is 0 Å². The second-order valence-corrected chi connectivity index (χ2v) is 9.68. The van der Waals surface area contributed by atoms with Gasteiger partial charge >= 0.3 is 6.18 Å². The number of alkyl halides is 3. The molecule has 3 aromatic carbocycles. The number of amides is 1. The average molecular weight is 528 g/mol. The Morgan fingerprint density at radius 3 is 2.32 bits per heavy atom. The molecule has 0 spiro atoms. The third-order valence-corrected chi connectivity index (χ3v) is 6.75. The highest BCUT2D eigenvalue weighted by atomic mass is 35.5. The number of nitrogens with one attached hydrogen (secondary N) is 1. The summed E-state index contributed by atoms with van der Waals surface area (Å²) in [6.07, 6.45) is -3.78. The zero-order valence-electron chi connectivity index (χ0n) is 20.4. The number of hydrogen-bond donors (Lipinski definition) is 2. The normalized spacial score (nSPS) is 12.0. The highest BCUT2D eigenvalue weighted by Gasteiger charge is 2.35. The maximum atomic E-state index is 13.5. The first-order chi connectivity index (χ1) is 17.4. The van der Waals surface area contributed by atoms with Crippen LogP contribution in [-0.4, -0.2) is 20.8 Å². The van der Waals surface area contributed by atoms with E-state index in [0.717, 1.165) is 22.7 Å². The highest BCUT2D eigenvalue weighted by Crippen LogP contribution is 2.35. The Labute approximate surface area is 217 Å². The Bertz CT molecular complexity index is 1440. The minimum Gasteiger partial charge on any atom is -0.506 e. The minimum absolute atomic E-state index is 0.0658. The van der Waals surface area contributed by atoms with Crippen molar-refractivity contribution < 1.29 is 23.1 Å². The number of aromatic nitrogens is 2. The first-order valence-corrected chi connectivity index (χ1v) is 12.0. The smallest absolute Gasteiger partial charge is 0.435 e. The predicted octanol–water partition coefficient (Wildman–Crippen LogP) is 7.86. The lowest BCUT2D eigenvalue weighted by Crippen LogP contribution is -2.17. The SMILES string of the molecule is CCC(C)(C)c1ccc(O)c(NC(=O)c2ccc(-c3cc(C(F)(F)F)nn3-c3ccccc3Cl)cc2)c1. The first-order valence-electron chi connectivity index (χ1n) is 11.6. The molecule has 192 valence electrons. The second kappa shape index (κ2) is 9.94. The molecule has 0 aliphatic rings. The minimum atomic E-state index is -4.65. The summed E-state index contributed by atoms with van der Waals surface area (Å²) in [6.45, 7) is 6.20. The van der Waals surface area contributed by atoms with E-state index >= 15 is 0 Å². The number of carbonyl (C=O) groups is 1. The van der Waals surface area contributed by atoms with Crippen molar-refractivity contribution in [2.75, 3.05) is 5.32 Å². The highest BCUT2D eigenvalue weighted by molar-refractivity contribution is 6.32. The molecule has 0 aliphatic heterocycles. The fraction of sp³-hybridized carbons (Fsp3) is 0.214. The Morgan fingerprint density at radius 2 is 1.70 bits per heavy atom. The van der Waals surface area contributed by atoms with Crippen LogP contribution in [0, 0.1) is 0 Å². The molecule has 2 N–H and O–H groups in total. The number of anilines is 1. The van der Waals surface area contributed by atoms with Gasteiger partial charge in [0.05, 0.1) is 22.1 Å². The van der Waals surface area contributed by atoms with Crippen molar-refractivity contribution in [1.29, 1.82) is 0 Å². The number of halogens is 4. The quantitative estimate of drug-likeness (QED) is 0.251. The van der Waals surface area contributed by atoms with Crippen LogP contribution in [0.2, 0.25) is 5.02 Å². The van der Waals surface area contributed by atoms with E-state index in [-0.39, 0.29) is 33.1 Å². The fourth-order valence-electron chi connectivity index (χ4n) is 3.78. The van der Waals surface area contributed by atoms with Crippen LogP contribution in [0.25, 0.3) is 16.9 Å². The van der Waals surface area contributed by atoms with E-state index in [1.807, 2.05) is 6.07 Å². The van der Waals surface area contributed by atoms with Crippen molar-refractivity contribution in [3.8, 4) is 22.7 Å². The monoisotopic (exact) mass is 527 g/mol. The lowest BCUT2D eigenvalue weighted by Gasteiger charge is -2.24. The summed E-state index contributed by atoms with van der Waals surface area (Å²) in [7, 11) is 0. The maximum absolute atomic E-state index is 13.5. The molecule has 1 amide bonds. The zero-order chi connectivity index (χ0) is 27.0. The van der Waals surface area contributed by atoms with Crippen molar-refractivity contribution in [2.45, 2.75) is 38.8 Å². The van der Waals surface area contributed by atoms with Crippen molar-refractivity contribution in [1.82, 2.24) is 9.78 Å². The van der Waals surface area contributed by atoms with Gasteiger partial charge in [-0.25, -0.2) is 4.68 Å². The van der Waals surface area contributed by atoms with Gasteiger partial charge in [0.25, 0.3) is 5.91 Å². The summed E-state index contributed by atoms with van der Waals surface area (Å²) in [6, 6.07) is 18.6. The third-order valence-electron chi connectivity index (χ3n) is 6.43. The van der Waals surface area contributed by atoms with Crippen LogP contribution in [0.5, 0.6) is 5.75 Å². The number of phenols is 1. The first kappa shape index (κ1) is 26.3. The Balaban J connectivity index is 1.65. The summed E-state index contributed by atoms with van der Waals surface area (Å²) >= 11 is 6.23. The summed E-state index contributed by atoms with van der Waals surface area (Å²) in [5, 5.41) is 17.0. The van der Waals surface area contributed by atoms with Gasteiger partial charge in [-0.05, 0) is 59.9 Å². The van der Waals surface area contributed by atoms with Gasteiger partial charge in [0, 0.05) is 11.1 Å². The number of benzene rings is 3. The largest absolute Gasteiger partial charge is 0.506 e. The average Bonchev–Trinajstić information content (AvgIpc) is 3.31. The fourth-order valence-corrected chi connectivity index (χ4v) is 4.00. The van der Waals surface area contributed by atoms with Crippen molar-refractivity contribution >= 4 is 23.2 Å². The van der Waals surface area contributed by atoms with Crippen molar-refractivity contribution in [3.05, 3.63) is 94.6 Å². The van der Waals surface area contributed by atoms with Crippen LogP contribution >= 0.6 is 11.6 Å². The molecule has 0 unspecified atom stereocenters. The summed E-state index contributed by atoms with van der Waals surface area (Å²) in [4.78, 5) is 12.9. The van der Waals surface area contributed by atoms with Gasteiger partial charge in [-0.1, -0.05) is 62.7 Å². The molecule has 9 heteroatoms. The number of nitrogens with zero attached hydrogens (tertiary/aromatic N) is 2. The molecule has 4 aromatic rings. The molecule has 4 rings (SSSR count). The topological polar surface area (TPSA) is 67.2 Å². The Kier molecular flexibility index (Phi) is 7.06. The van der Waals surface area contributed by atoms with E-state index in [2.05, 4.69) is 31.2 Å². The van der Waals surface area contributed by atoms with E-state index < -0.39 is 17.8 Å². The standard InChI is InChI=1S/C28H25ClF3N3O2/c1-4-27(2,3)19-13-14-24(36)21(15-19)33-26(37)18-11-9-17(10-12-18)23-16-25(28(30,31)32)34-35(23)22-8-6-5-7-20(22)29/h5-16,36H,4H2,1-3H3,(H,33,37). The molecule has 0 atom stereocenters. The zero-order valence-corrected chi connectivity index (χ0v) is 21.2. The number of phenolic OH excluding ortho intramolecular Hbond substituents is 1. The van der Waals surface area contributed by atoms with Gasteiger partial charge in [0.15, 0.2) is 5.69 Å². The van der Waals surface area contributed by atoms with E-state index in [1.54, 1.807) is 36.4 Å². The lowest BCUT2D eigenvalue weighted by molar-refractivity contribution is -0.141. The van der Waals surface area contributed by atoms with E-state index in [4.69, 9.17) is 11.6 Å². The molecule has 37 heavy (non-hydrogen) atoms. The van der Waals surface area contributed by atoms with Gasteiger partial charge in [-0.15, -0.1) is 0 Å². The van der Waals surface area contributed by atoms with Gasteiger partial charge in [0.2, 0.25) is 0 Å². The number of rotatable bonds is 6. The molecular formula is C28H25ClF3N3O2. The Hall–Kier alpha value is -3.78. The second-order valence-electron chi connectivity index (χ2n) is 9.28. The van der Waals surface area contributed by atoms with Crippen LogP contribution in [0.15, 0.2) is 72.8 Å². The predicted molar refractivity (Wildman–Crippen MR) is 138 cm³/mol. The van der Waals surface area contributed by atoms with Crippen LogP contribution in [0.4, 0.5) is 18.9 Å². The number of aromatic hydroxyl groups is 1. The van der Waals surface area contributed by atoms with Crippen LogP contribution in [0.1, 0.15) is 48.8 Å². The molecular weight excluding hydrogens is 503 g/mol. The lowest BCUT2D eigenvalue weighted by atomic mass is 9.82. The van der Waals surface area contributed by atoms with Gasteiger partial charge in [-0.2, -0.15) is 18.3 Å². The molecule has 0 radical (unpaired) electrons.